The number of thiophene rings is 1. The standard InChI is InChI=1S/C11H19N3OS.2ClH/c1-8(12)11(15)13-6-10(14(2)3)9-4-5-16-7-9;;/h4-5,7-8,10H,6,12H2,1-3H3,(H,13,15);2*1H/t8-,10?;;/m1../s1. The highest BCUT2D eigenvalue weighted by Gasteiger charge is 2.16. The van der Waals surface area contributed by atoms with E-state index in [1.54, 1.807) is 18.3 Å². The molecule has 2 atom stereocenters. The van der Waals surface area contributed by atoms with Crippen molar-refractivity contribution in [2.45, 2.75) is 19.0 Å². The van der Waals surface area contributed by atoms with Crippen molar-refractivity contribution >= 4 is 42.1 Å². The minimum absolute atomic E-state index is 0. The van der Waals surface area contributed by atoms with Crippen molar-refractivity contribution in [3.63, 3.8) is 0 Å². The summed E-state index contributed by atoms with van der Waals surface area (Å²) in [4.78, 5) is 13.5. The molecule has 0 bridgehead atoms. The lowest BCUT2D eigenvalue weighted by Crippen LogP contribution is -2.42. The molecule has 1 aromatic heterocycles. The van der Waals surface area contributed by atoms with Gasteiger partial charge in [0.15, 0.2) is 0 Å². The molecule has 0 saturated heterocycles. The summed E-state index contributed by atoms with van der Waals surface area (Å²) in [6, 6.07) is 1.83. The van der Waals surface area contributed by atoms with E-state index in [-0.39, 0.29) is 36.8 Å². The predicted octanol–water partition coefficient (Wildman–Crippen LogP) is 1.66. The van der Waals surface area contributed by atoms with Crippen molar-refractivity contribution in [3.05, 3.63) is 22.4 Å². The Hall–Kier alpha value is -0.330. The third kappa shape index (κ3) is 6.02. The summed E-state index contributed by atoms with van der Waals surface area (Å²) in [5.41, 5.74) is 6.72. The number of amides is 1. The number of likely N-dealkylation sites (N-methyl/N-ethyl adjacent to an activating group) is 1. The van der Waals surface area contributed by atoms with Gasteiger partial charge in [-0.3, -0.25) is 4.79 Å². The zero-order valence-corrected chi connectivity index (χ0v) is 13.2. The smallest absolute Gasteiger partial charge is 0.236 e. The largest absolute Gasteiger partial charge is 0.353 e. The summed E-state index contributed by atoms with van der Waals surface area (Å²) in [5, 5.41) is 6.99. The van der Waals surface area contributed by atoms with Gasteiger partial charge >= 0.3 is 0 Å². The van der Waals surface area contributed by atoms with E-state index in [2.05, 4.69) is 21.7 Å². The van der Waals surface area contributed by atoms with Crippen molar-refractivity contribution < 1.29 is 4.79 Å². The lowest BCUT2D eigenvalue weighted by molar-refractivity contribution is -0.122. The number of hydrogen-bond acceptors (Lipinski definition) is 4. The molecular weight excluding hydrogens is 293 g/mol. The molecule has 4 nitrogen and oxygen atoms in total. The summed E-state index contributed by atoms with van der Waals surface area (Å²) >= 11 is 1.66. The summed E-state index contributed by atoms with van der Waals surface area (Å²) in [5.74, 6) is -0.109. The average molecular weight is 314 g/mol. The van der Waals surface area contributed by atoms with E-state index in [1.165, 1.54) is 5.56 Å². The third-order valence-corrected chi connectivity index (χ3v) is 3.14. The summed E-state index contributed by atoms with van der Waals surface area (Å²) in [6.45, 7) is 2.27. The second-order valence-electron chi connectivity index (χ2n) is 4.07. The average Bonchev–Trinajstić information content (AvgIpc) is 2.70. The Labute approximate surface area is 125 Å². The van der Waals surface area contributed by atoms with Crippen LogP contribution >= 0.6 is 36.2 Å². The Morgan fingerprint density at radius 1 is 1.50 bits per heavy atom. The van der Waals surface area contributed by atoms with Crippen molar-refractivity contribution in [2.75, 3.05) is 20.6 Å². The zero-order chi connectivity index (χ0) is 12.1. The fourth-order valence-electron chi connectivity index (χ4n) is 1.42. The summed E-state index contributed by atoms with van der Waals surface area (Å²) < 4.78 is 0. The second kappa shape index (κ2) is 9.58. The number of nitrogens with one attached hydrogen (secondary N) is 1. The molecule has 1 unspecified atom stereocenters. The van der Waals surface area contributed by atoms with Gasteiger partial charge < -0.3 is 16.0 Å². The maximum Gasteiger partial charge on any atom is 0.236 e. The molecule has 106 valence electrons. The van der Waals surface area contributed by atoms with Crippen LogP contribution in [0.3, 0.4) is 0 Å². The van der Waals surface area contributed by atoms with E-state index >= 15 is 0 Å². The molecule has 0 fully saturated rings. The van der Waals surface area contributed by atoms with Crippen LogP contribution in [0.25, 0.3) is 0 Å². The van der Waals surface area contributed by atoms with Gasteiger partial charge in [0.05, 0.1) is 12.1 Å². The Bertz CT molecular complexity index is 331. The number of nitrogens with zero attached hydrogens (tertiary/aromatic N) is 1. The second-order valence-corrected chi connectivity index (χ2v) is 4.85. The van der Waals surface area contributed by atoms with Crippen LogP contribution in [-0.2, 0) is 4.79 Å². The topological polar surface area (TPSA) is 58.4 Å². The first-order valence-corrected chi connectivity index (χ1v) is 6.18. The van der Waals surface area contributed by atoms with Gasteiger partial charge in [0.25, 0.3) is 0 Å². The van der Waals surface area contributed by atoms with Gasteiger partial charge in [-0.05, 0) is 43.4 Å². The van der Waals surface area contributed by atoms with E-state index in [1.807, 2.05) is 19.5 Å². The Morgan fingerprint density at radius 3 is 2.50 bits per heavy atom. The van der Waals surface area contributed by atoms with Crippen molar-refractivity contribution in [1.82, 2.24) is 10.2 Å². The molecular formula is C11H21Cl2N3OS. The van der Waals surface area contributed by atoms with Crippen LogP contribution in [0.4, 0.5) is 0 Å². The lowest BCUT2D eigenvalue weighted by Gasteiger charge is -2.24. The summed E-state index contributed by atoms with van der Waals surface area (Å²) in [7, 11) is 4.00. The van der Waals surface area contributed by atoms with Gasteiger partial charge in [0, 0.05) is 6.54 Å². The van der Waals surface area contributed by atoms with Crippen LogP contribution in [-0.4, -0.2) is 37.5 Å². The van der Waals surface area contributed by atoms with Gasteiger partial charge in [-0.15, -0.1) is 24.8 Å². The Morgan fingerprint density at radius 2 is 2.11 bits per heavy atom. The summed E-state index contributed by atoms with van der Waals surface area (Å²) in [6.07, 6.45) is 0. The monoisotopic (exact) mass is 313 g/mol. The van der Waals surface area contributed by atoms with E-state index in [4.69, 9.17) is 5.73 Å². The van der Waals surface area contributed by atoms with E-state index in [0.29, 0.717) is 6.54 Å². The highest BCUT2D eigenvalue weighted by Crippen LogP contribution is 2.19. The molecule has 0 aliphatic rings. The molecule has 18 heavy (non-hydrogen) atoms. The predicted molar refractivity (Wildman–Crippen MR) is 81.9 cm³/mol. The van der Waals surface area contributed by atoms with E-state index in [9.17, 15) is 4.79 Å². The SMILES string of the molecule is C[C@@H](N)C(=O)NCC(c1ccsc1)N(C)C.Cl.Cl. The Balaban J connectivity index is 0. The molecule has 1 amide bonds. The van der Waals surface area contributed by atoms with E-state index < -0.39 is 6.04 Å². The maximum atomic E-state index is 11.4. The van der Waals surface area contributed by atoms with Gasteiger partial charge in [0.1, 0.15) is 0 Å². The molecule has 1 heterocycles. The van der Waals surface area contributed by atoms with Gasteiger partial charge in [0.2, 0.25) is 5.91 Å². The van der Waals surface area contributed by atoms with Crippen molar-refractivity contribution in [3.8, 4) is 0 Å². The van der Waals surface area contributed by atoms with Gasteiger partial charge in [-0.25, -0.2) is 0 Å². The van der Waals surface area contributed by atoms with Crippen LogP contribution in [0.2, 0.25) is 0 Å². The molecule has 0 spiro atoms. The number of halogens is 2. The lowest BCUT2D eigenvalue weighted by atomic mass is 10.1. The highest BCUT2D eigenvalue weighted by atomic mass is 35.5. The number of carbonyl (C=O) groups excluding carboxylic acids is 1. The first kappa shape index (κ1) is 20.0. The molecule has 7 heteroatoms. The molecule has 1 rings (SSSR count). The molecule has 1 aromatic rings. The number of rotatable bonds is 5. The van der Waals surface area contributed by atoms with Crippen LogP contribution in [0.1, 0.15) is 18.5 Å². The quantitative estimate of drug-likeness (QED) is 0.869. The fraction of sp³-hybridized carbons (Fsp3) is 0.545. The zero-order valence-electron chi connectivity index (χ0n) is 10.8. The number of carbonyl (C=O) groups is 1. The molecule has 0 saturated carbocycles. The van der Waals surface area contributed by atoms with Crippen LogP contribution < -0.4 is 11.1 Å². The van der Waals surface area contributed by atoms with Crippen LogP contribution in [0.5, 0.6) is 0 Å². The minimum atomic E-state index is -0.453. The molecule has 3 N–H and O–H groups in total. The fourth-order valence-corrected chi connectivity index (χ4v) is 2.13. The van der Waals surface area contributed by atoms with Crippen LogP contribution in [0, 0.1) is 0 Å². The maximum absolute atomic E-state index is 11.4. The van der Waals surface area contributed by atoms with Crippen molar-refractivity contribution in [2.24, 2.45) is 5.73 Å². The third-order valence-electron chi connectivity index (χ3n) is 2.43. The number of hydrogen-bond donors (Lipinski definition) is 2. The highest BCUT2D eigenvalue weighted by molar-refractivity contribution is 7.07. The van der Waals surface area contributed by atoms with Gasteiger partial charge in [-0.1, -0.05) is 0 Å². The molecule has 0 aliphatic heterocycles. The van der Waals surface area contributed by atoms with Gasteiger partial charge in [-0.2, -0.15) is 11.3 Å². The molecule has 0 radical (unpaired) electrons. The number of nitrogens with two attached hydrogens (primary N) is 1. The first-order chi connectivity index (χ1) is 7.52. The first-order valence-electron chi connectivity index (χ1n) is 5.24. The minimum Gasteiger partial charge on any atom is -0.353 e. The van der Waals surface area contributed by atoms with Crippen LogP contribution in [0.15, 0.2) is 16.8 Å². The molecule has 0 aliphatic carbocycles. The van der Waals surface area contributed by atoms with Crippen molar-refractivity contribution in [1.29, 1.82) is 0 Å². The molecule has 0 aromatic carbocycles. The Kier molecular flexibility index (Phi) is 10.6. The normalized spacial score (nSPS) is 13.2. The van der Waals surface area contributed by atoms with E-state index in [0.717, 1.165) is 0 Å².